The number of nitrogens with two attached hydrogens (primary N) is 1. The number of carbonyl (C=O) groups excluding carboxylic acids is 2. The Balaban J connectivity index is 1.70. The van der Waals surface area contributed by atoms with Crippen molar-refractivity contribution in [3.63, 3.8) is 0 Å². The van der Waals surface area contributed by atoms with E-state index in [9.17, 15) is 9.59 Å². The highest BCUT2D eigenvalue weighted by molar-refractivity contribution is 5.94. The number of amides is 2. The molecular formula is C17H23N3O2. The van der Waals surface area contributed by atoms with Gasteiger partial charge in [0.1, 0.15) is 0 Å². The minimum Gasteiger partial charge on any atom is -0.338 e. The van der Waals surface area contributed by atoms with E-state index in [2.05, 4.69) is 0 Å². The molecule has 2 aliphatic heterocycles. The molecule has 0 bridgehead atoms. The molecule has 2 aliphatic rings. The minimum atomic E-state index is 0.0461. The van der Waals surface area contributed by atoms with Gasteiger partial charge in [-0.2, -0.15) is 0 Å². The third-order valence-electron chi connectivity index (χ3n) is 4.46. The number of piperidine rings is 1. The van der Waals surface area contributed by atoms with Gasteiger partial charge in [0.05, 0.1) is 0 Å². The zero-order chi connectivity index (χ0) is 15.5. The molecule has 1 atom stereocenters. The second-order valence-corrected chi connectivity index (χ2v) is 6.27. The van der Waals surface area contributed by atoms with E-state index in [-0.39, 0.29) is 17.9 Å². The van der Waals surface area contributed by atoms with Crippen LogP contribution in [0.25, 0.3) is 0 Å². The number of benzene rings is 1. The van der Waals surface area contributed by atoms with E-state index in [4.69, 9.17) is 5.73 Å². The summed E-state index contributed by atoms with van der Waals surface area (Å²) in [6.07, 6.45) is 3.53. The molecule has 0 unspecified atom stereocenters. The van der Waals surface area contributed by atoms with Crippen molar-refractivity contribution in [1.29, 1.82) is 0 Å². The lowest BCUT2D eigenvalue weighted by Gasteiger charge is -2.31. The van der Waals surface area contributed by atoms with Gasteiger partial charge in [-0.1, -0.05) is 12.1 Å². The van der Waals surface area contributed by atoms with Crippen molar-refractivity contribution in [2.45, 2.75) is 38.3 Å². The van der Waals surface area contributed by atoms with Crippen molar-refractivity contribution in [2.24, 2.45) is 5.73 Å². The predicted octanol–water partition coefficient (Wildman–Crippen LogP) is 1.37. The van der Waals surface area contributed by atoms with Crippen molar-refractivity contribution in [3.05, 3.63) is 35.4 Å². The standard InChI is InChI=1S/C17H23N3O2/c18-15-6-2-9-20(12-15)17(22)14-5-1-4-13(10-14)11-19-8-3-7-16(19)21/h1,4-5,10,15H,2-3,6-9,11-12,18H2/t15-/m1/s1. The number of nitrogens with zero attached hydrogens (tertiary/aromatic N) is 2. The molecule has 2 heterocycles. The number of hydrogen-bond donors (Lipinski definition) is 1. The molecule has 2 saturated heterocycles. The second kappa shape index (κ2) is 6.48. The summed E-state index contributed by atoms with van der Waals surface area (Å²) in [6, 6.07) is 7.71. The van der Waals surface area contributed by atoms with Crippen molar-refractivity contribution in [1.82, 2.24) is 9.80 Å². The molecular weight excluding hydrogens is 278 g/mol. The lowest BCUT2D eigenvalue weighted by Crippen LogP contribution is -2.45. The predicted molar refractivity (Wildman–Crippen MR) is 84.2 cm³/mol. The summed E-state index contributed by atoms with van der Waals surface area (Å²) in [5, 5.41) is 0. The fourth-order valence-corrected chi connectivity index (χ4v) is 3.27. The van der Waals surface area contributed by atoms with Gasteiger partial charge in [-0.05, 0) is 37.0 Å². The van der Waals surface area contributed by atoms with Crippen LogP contribution in [-0.4, -0.2) is 47.3 Å². The highest BCUT2D eigenvalue weighted by Crippen LogP contribution is 2.17. The van der Waals surface area contributed by atoms with Crippen LogP contribution in [0, 0.1) is 0 Å². The summed E-state index contributed by atoms with van der Waals surface area (Å²) in [4.78, 5) is 28.0. The van der Waals surface area contributed by atoms with Crippen LogP contribution < -0.4 is 5.73 Å². The molecule has 0 aliphatic carbocycles. The molecule has 2 amide bonds. The number of hydrogen-bond acceptors (Lipinski definition) is 3. The smallest absolute Gasteiger partial charge is 0.253 e. The summed E-state index contributed by atoms with van der Waals surface area (Å²) in [5.41, 5.74) is 7.67. The number of carbonyl (C=O) groups is 2. The number of rotatable bonds is 3. The molecule has 2 N–H and O–H groups in total. The molecule has 0 spiro atoms. The fourth-order valence-electron chi connectivity index (χ4n) is 3.27. The van der Waals surface area contributed by atoms with Crippen LogP contribution in [0.15, 0.2) is 24.3 Å². The molecule has 1 aromatic rings. The Morgan fingerprint density at radius 2 is 2.14 bits per heavy atom. The zero-order valence-electron chi connectivity index (χ0n) is 12.8. The van der Waals surface area contributed by atoms with Crippen LogP contribution in [0.3, 0.4) is 0 Å². The molecule has 22 heavy (non-hydrogen) atoms. The largest absolute Gasteiger partial charge is 0.338 e. The van der Waals surface area contributed by atoms with Gasteiger partial charge in [0.15, 0.2) is 0 Å². The topological polar surface area (TPSA) is 66.6 Å². The van der Waals surface area contributed by atoms with E-state index in [0.717, 1.165) is 37.9 Å². The monoisotopic (exact) mass is 301 g/mol. The molecule has 1 aromatic carbocycles. The van der Waals surface area contributed by atoms with E-state index in [1.54, 1.807) is 0 Å². The fraction of sp³-hybridized carbons (Fsp3) is 0.529. The lowest BCUT2D eigenvalue weighted by atomic mass is 10.0. The summed E-state index contributed by atoms with van der Waals surface area (Å²) < 4.78 is 0. The Hall–Kier alpha value is -1.88. The van der Waals surface area contributed by atoms with Crippen molar-refractivity contribution in [2.75, 3.05) is 19.6 Å². The van der Waals surface area contributed by atoms with Gasteiger partial charge in [-0.15, -0.1) is 0 Å². The Kier molecular flexibility index (Phi) is 4.43. The number of likely N-dealkylation sites (tertiary alicyclic amines) is 2. The van der Waals surface area contributed by atoms with Crippen molar-refractivity contribution < 1.29 is 9.59 Å². The van der Waals surface area contributed by atoms with Gasteiger partial charge >= 0.3 is 0 Å². The quantitative estimate of drug-likeness (QED) is 0.917. The second-order valence-electron chi connectivity index (χ2n) is 6.27. The molecule has 3 rings (SSSR count). The average molecular weight is 301 g/mol. The van der Waals surface area contributed by atoms with Gasteiger partial charge in [-0.3, -0.25) is 9.59 Å². The van der Waals surface area contributed by atoms with Gasteiger partial charge < -0.3 is 15.5 Å². The first kappa shape index (κ1) is 15.0. The maximum atomic E-state index is 12.6. The highest BCUT2D eigenvalue weighted by Gasteiger charge is 2.23. The van der Waals surface area contributed by atoms with Gasteiger partial charge in [0.25, 0.3) is 5.91 Å². The maximum absolute atomic E-state index is 12.6. The van der Waals surface area contributed by atoms with Crippen LogP contribution in [-0.2, 0) is 11.3 Å². The normalized spacial score (nSPS) is 22.2. The van der Waals surface area contributed by atoms with Gasteiger partial charge in [0, 0.05) is 44.2 Å². The summed E-state index contributed by atoms with van der Waals surface area (Å²) in [7, 11) is 0. The first-order valence-electron chi connectivity index (χ1n) is 8.05. The van der Waals surface area contributed by atoms with E-state index in [1.807, 2.05) is 34.1 Å². The summed E-state index contributed by atoms with van der Waals surface area (Å²) >= 11 is 0. The van der Waals surface area contributed by atoms with Crippen LogP contribution in [0.1, 0.15) is 41.6 Å². The minimum absolute atomic E-state index is 0.0461. The van der Waals surface area contributed by atoms with E-state index >= 15 is 0 Å². The third-order valence-corrected chi connectivity index (χ3v) is 4.46. The first-order chi connectivity index (χ1) is 10.6. The van der Waals surface area contributed by atoms with Crippen LogP contribution in [0.4, 0.5) is 0 Å². The van der Waals surface area contributed by atoms with E-state index in [0.29, 0.717) is 25.1 Å². The maximum Gasteiger partial charge on any atom is 0.253 e. The van der Waals surface area contributed by atoms with E-state index < -0.39 is 0 Å². The Labute approximate surface area is 131 Å². The SMILES string of the molecule is N[C@@H]1CCCN(C(=O)c2cccc(CN3CCCC3=O)c2)C1. The summed E-state index contributed by atoms with van der Waals surface area (Å²) in [5.74, 6) is 0.253. The van der Waals surface area contributed by atoms with Gasteiger partial charge in [0.2, 0.25) is 5.91 Å². The zero-order valence-corrected chi connectivity index (χ0v) is 12.8. The lowest BCUT2D eigenvalue weighted by molar-refractivity contribution is -0.128. The molecule has 118 valence electrons. The van der Waals surface area contributed by atoms with Crippen LogP contribution in [0.2, 0.25) is 0 Å². The molecule has 2 fully saturated rings. The highest BCUT2D eigenvalue weighted by atomic mass is 16.2. The van der Waals surface area contributed by atoms with Crippen LogP contribution in [0.5, 0.6) is 0 Å². The Morgan fingerprint density at radius 3 is 2.86 bits per heavy atom. The molecule has 5 nitrogen and oxygen atoms in total. The molecule has 5 heteroatoms. The Morgan fingerprint density at radius 1 is 1.27 bits per heavy atom. The van der Waals surface area contributed by atoms with Crippen molar-refractivity contribution >= 4 is 11.8 Å². The average Bonchev–Trinajstić information content (AvgIpc) is 2.92. The van der Waals surface area contributed by atoms with E-state index in [1.165, 1.54) is 0 Å². The summed E-state index contributed by atoms with van der Waals surface area (Å²) in [6.45, 7) is 2.83. The first-order valence-corrected chi connectivity index (χ1v) is 8.05. The van der Waals surface area contributed by atoms with Crippen LogP contribution >= 0.6 is 0 Å². The molecule has 0 saturated carbocycles. The Bertz CT molecular complexity index is 573. The molecule has 0 radical (unpaired) electrons. The van der Waals surface area contributed by atoms with Gasteiger partial charge in [-0.25, -0.2) is 0 Å². The molecule has 0 aromatic heterocycles. The third kappa shape index (κ3) is 3.30. The van der Waals surface area contributed by atoms with Crippen molar-refractivity contribution in [3.8, 4) is 0 Å².